The van der Waals surface area contributed by atoms with Gasteiger partial charge in [0.15, 0.2) is 0 Å². The van der Waals surface area contributed by atoms with Gasteiger partial charge < -0.3 is 0 Å². The number of non-ortho nitro benzene ring substituents is 2. The fraction of sp³-hybridized carbons (Fsp3) is 0. The number of nitro benzene ring substituents is 2. The number of halogens is 1. The predicted molar refractivity (Wildman–Crippen MR) is 75.9 cm³/mol. The Labute approximate surface area is 123 Å². The van der Waals surface area contributed by atoms with Gasteiger partial charge in [0.05, 0.1) is 23.9 Å². The van der Waals surface area contributed by atoms with Crippen LogP contribution in [-0.4, -0.2) is 9.85 Å². The predicted octanol–water partition coefficient (Wildman–Crippen LogP) is 4.48. The van der Waals surface area contributed by atoms with E-state index in [0.717, 1.165) is 14.1 Å². The second-order valence-electron chi connectivity index (χ2n) is 3.36. The summed E-state index contributed by atoms with van der Waals surface area (Å²) in [5, 5.41) is 21.5. The van der Waals surface area contributed by atoms with Crippen LogP contribution in [-0.2, 0) is 0 Å². The molecule has 0 bridgehead atoms. The van der Waals surface area contributed by atoms with E-state index in [-0.39, 0.29) is 11.4 Å². The molecule has 0 radical (unpaired) electrons. The van der Waals surface area contributed by atoms with Gasteiger partial charge in [-0.2, -0.15) is 0 Å². The Bertz CT molecular complexity index is 626. The average molecular weight is 361 g/mol. The molecule has 0 spiro atoms. The third kappa shape index (κ3) is 3.52. The fourth-order valence-electron chi connectivity index (χ4n) is 1.31. The molecule has 0 aliphatic carbocycles. The van der Waals surface area contributed by atoms with Gasteiger partial charge in [0, 0.05) is 17.0 Å². The first-order valence-corrected chi connectivity index (χ1v) is 7.25. The lowest BCUT2D eigenvalue weighted by molar-refractivity contribution is -0.394. The SMILES string of the molecule is O=[N+]([O-])c1cc(Sc2ccc(Br)s2)cc([N+](=O)[O-])c1. The lowest BCUT2D eigenvalue weighted by Crippen LogP contribution is -1.93. The molecule has 0 aliphatic heterocycles. The Balaban J connectivity index is 2.38. The average Bonchev–Trinajstić information content (AvgIpc) is 2.74. The molecule has 2 rings (SSSR count). The van der Waals surface area contributed by atoms with E-state index in [1.165, 1.54) is 35.2 Å². The maximum Gasteiger partial charge on any atom is 0.277 e. The van der Waals surface area contributed by atoms with Crippen LogP contribution in [0.4, 0.5) is 11.4 Å². The van der Waals surface area contributed by atoms with Crippen LogP contribution in [0.2, 0.25) is 0 Å². The van der Waals surface area contributed by atoms with Crippen LogP contribution >= 0.6 is 39.0 Å². The maximum absolute atomic E-state index is 10.8. The number of nitro groups is 2. The summed E-state index contributed by atoms with van der Waals surface area (Å²) in [6, 6.07) is 7.29. The summed E-state index contributed by atoms with van der Waals surface area (Å²) >= 11 is 6.01. The molecule has 9 heteroatoms. The Hall–Kier alpha value is -1.45. The molecule has 1 aromatic carbocycles. The van der Waals surface area contributed by atoms with E-state index >= 15 is 0 Å². The molecule has 6 nitrogen and oxygen atoms in total. The smallest absolute Gasteiger partial charge is 0.258 e. The zero-order valence-corrected chi connectivity index (χ0v) is 12.3. The normalized spacial score (nSPS) is 10.4. The number of benzene rings is 1. The maximum atomic E-state index is 10.8. The second-order valence-corrected chi connectivity index (χ2v) is 7.20. The standard InChI is InChI=1S/C10H5BrN2O4S2/c11-9-1-2-10(19-9)18-8-4-6(12(14)15)3-7(5-8)13(16)17/h1-5H. The molecule has 19 heavy (non-hydrogen) atoms. The van der Waals surface area contributed by atoms with E-state index in [4.69, 9.17) is 0 Å². The van der Waals surface area contributed by atoms with Gasteiger partial charge in [-0.1, -0.05) is 11.8 Å². The number of rotatable bonds is 4. The minimum atomic E-state index is -0.638. The van der Waals surface area contributed by atoms with E-state index < -0.39 is 9.85 Å². The summed E-state index contributed by atoms with van der Waals surface area (Å²) in [4.78, 5) is 20.7. The van der Waals surface area contributed by atoms with Crippen LogP contribution < -0.4 is 0 Å². The highest BCUT2D eigenvalue weighted by Crippen LogP contribution is 2.38. The molecule has 2 aromatic rings. The van der Waals surface area contributed by atoms with Gasteiger partial charge in [0.1, 0.15) is 0 Å². The summed E-state index contributed by atoms with van der Waals surface area (Å²) in [6.07, 6.45) is 0. The van der Waals surface area contributed by atoms with Crippen molar-refractivity contribution in [3.63, 3.8) is 0 Å². The fourth-order valence-corrected chi connectivity index (χ4v) is 4.20. The zero-order chi connectivity index (χ0) is 14.0. The molecule has 0 N–H and O–H groups in total. The minimum Gasteiger partial charge on any atom is -0.258 e. The Morgan fingerprint density at radius 1 is 1.05 bits per heavy atom. The molecular weight excluding hydrogens is 356 g/mol. The Morgan fingerprint density at radius 3 is 2.05 bits per heavy atom. The number of thiophene rings is 1. The van der Waals surface area contributed by atoms with Gasteiger partial charge in [0.2, 0.25) is 0 Å². The second kappa shape index (κ2) is 5.68. The van der Waals surface area contributed by atoms with Crippen molar-refractivity contribution >= 4 is 50.4 Å². The molecule has 98 valence electrons. The van der Waals surface area contributed by atoms with Crippen LogP contribution in [0.1, 0.15) is 0 Å². The van der Waals surface area contributed by atoms with Crippen molar-refractivity contribution in [2.24, 2.45) is 0 Å². The molecule has 0 aliphatic rings. The van der Waals surface area contributed by atoms with Crippen molar-refractivity contribution in [1.82, 2.24) is 0 Å². The molecule has 0 fully saturated rings. The van der Waals surface area contributed by atoms with Crippen LogP contribution in [0.5, 0.6) is 0 Å². The van der Waals surface area contributed by atoms with Crippen LogP contribution in [0.15, 0.2) is 43.2 Å². The van der Waals surface area contributed by atoms with E-state index in [1.54, 1.807) is 0 Å². The van der Waals surface area contributed by atoms with Gasteiger partial charge in [-0.05, 0) is 28.1 Å². The van der Waals surface area contributed by atoms with Crippen LogP contribution in [0.25, 0.3) is 0 Å². The Kier molecular flexibility index (Phi) is 4.17. The first-order chi connectivity index (χ1) is 8.95. The van der Waals surface area contributed by atoms with Gasteiger partial charge in [-0.15, -0.1) is 11.3 Å². The third-order valence-electron chi connectivity index (χ3n) is 2.06. The van der Waals surface area contributed by atoms with E-state index in [9.17, 15) is 20.2 Å². The zero-order valence-electron chi connectivity index (χ0n) is 9.11. The molecule has 0 unspecified atom stereocenters. The topological polar surface area (TPSA) is 86.3 Å². The monoisotopic (exact) mass is 360 g/mol. The highest BCUT2D eigenvalue weighted by Gasteiger charge is 2.17. The lowest BCUT2D eigenvalue weighted by atomic mass is 10.3. The van der Waals surface area contributed by atoms with Crippen molar-refractivity contribution < 1.29 is 9.85 Å². The molecule has 0 saturated carbocycles. The van der Waals surface area contributed by atoms with Gasteiger partial charge >= 0.3 is 0 Å². The van der Waals surface area contributed by atoms with Crippen LogP contribution in [0.3, 0.4) is 0 Å². The summed E-state index contributed by atoms with van der Waals surface area (Å²) < 4.78 is 1.82. The van der Waals surface area contributed by atoms with E-state index in [2.05, 4.69) is 15.9 Å². The van der Waals surface area contributed by atoms with Gasteiger partial charge in [0.25, 0.3) is 11.4 Å². The van der Waals surface area contributed by atoms with Crippen molar-refractivity contribution in [3.8, 4) is 0 Å². The summed E-state index contributed by atoms with van der Waals surface area (Å²) in [5.74, 6) is 0. The van der Waals surface area contributed by atoms with E-state index in [1.807, 2.05) is 12.1 Å². The molecular formula is C10H5BrN2O4S2. The quantitative estimate of drug-likeness (QED) is 0.592. The first-order valence-electron chi connectivity index (χ1n) is 4.83. The highest BCUT2D eigenvalue weighted by atomic mass is 79.9. The largest absolute Gasteiger partial charge is 0.277 e. The lowest BCUT2D eigenvalue weighted by Gasteiger charge is -1.99. The van der Waals surface area contributed by atoms with Crippen molar-refractivity contribution in [2.75, 3.05) is 0 Å². The molecule has 0 amide bonds. The third-order valence-corrected chi connectivity index (χ3v) is 4.79. The number of hydrogen-bond acceptors (Lipinski definition) is 6. The molecule has 1 heterocycles. The molecule has 1 aromatic heterocycles. The van der Waals surface area contributed by atoms with Gasteiger partial charge in [-0.3, -0.25) is 20.2 Å². The summed E-state index contributed by atoms with van der Waals surface area (Å²) in [5.41, 5.74) is -0.570. The first kappa shape index (κ1) is 14.0. The van der Waals surface area contributed by atoms with Crippen molar-refractivity contribution in [2.45, 2.75) is 9.10 Å². The summed E-state index contributed by atoms with van der Waals surface area (Å²) in [6.45, 7) is 0. The van der Waals surface area contributed by atoms with E-state index in [0.29, 0.717) is 4.90 Å². The van der Waals surface area contributed by atoms with Gasteiger partial charge in [-0.25, -0.2) is 0 Å². The molecule has 0 saturated heterocycles. The highest BCUT2D eigenvalue weighted by molar-refractivity contribution is 9.11. The number of nitrogens with zero attached hydrogens (tertiary/aromatic N) is 2. The minimum absolute atomic E-state index is 0.285. The van der Waals surface area contributed by atoms with Crippen LogP contribution in [0, 0.1) is 20.2 Å². The number of hydrogen-bond donors (Lipinski definition) is 0. The molecule has 0 atom stereocenters. The summed E-state index contributed by atoms with van der Waals surface area (Å²) in [7, 11) is 0. The van der Waals surface area contributed by atoms with Crippen molar-refractivity contribution in [1.29, 1.82) is 0 Å². The Morgan fingerprint density at radius 2 is 1.63 bits per heavy atom. The van der Waals surface area contributed by atoms with Crippen molar-refractivity contribution in [3.05, 3.63) is 54.3 Å².